The molecule has 1 aromatic rings. The molecule has 0 saturated heterocycles. The van der Waals surface area contributed by atoms with Crippen LogP contribution in [0.1, 0.15) is 4.88 Å². The van der Waals surface area contributed by atoms with E-state index in [1.54, 1.807) is 0 Å². The van der Waals surface area contributed by atoms with Crippen LogP contribution in [0.2, 0.25) is 0 Å². The normalized spacial score (nSPS) is 11.1. The molecule has 44 valence electrons. The summed E-state index contributed by atoms with van der Waals surface area (Å²) in [6.45, 7) is 0. The topological polar surface area (TPSA) is 0 Å². The molecule has 1 rings (SSSR count). The molecule has 3 heteroatoms. The molecule has 0 aliphatic rings. The maximum absolute atomic E-state index is 2.76. The SMILES string of the molecule is PPCc1cccs1. The molecule has 0 aromatic carbocycles. The van der Waals surface area contributed by atoms with E-state index in [1.807, 2.05) is 11.3 Å². The monoisotopic (exact) mass is 162 g/mol. The molecule has 1 aromatic heterocycles. The van der Waals surface area contributed by atoms with E-state index < -0.39 is 0 Å². The maximum atomic E-state index is 2.76. The maximum Gasteiger partial charge on any atom is 0.00886 e. The van der Waals surface area contributed by atoms with Crippen molar-refractivity contribution in [2.24, 2.45) is 0 Å². The predicted molar refractivity (Wildman–Crippen MR) is 46.0 cm³/mol. The van der Waals surface area contributed by atoms with Crippen molar-refractivity contribution in [1.82, 2.24) is 0 Å². The Morgan fingerprint density at radius 3 is 3.12 bits per heavy atom. The molecule has 0 aliphatic carbocycles. The standard InChI is InChI=1S/C5H8P2S/c6-7-4-5-2-1-3-8-5/h1-3,7H,4,6H2. The third-order valence-corrected chi connectivity index (χ3v) is 3.19. The zero-order valence-electron chi connectivity index (χ0n) is 4.42. The van der Waals surface area contributed by atoms with Gasteiger partial charge in [0.05, 0.1) is 0 Å². The van der Waals surface area contributed by atoms with Crippen LogP contribution in [0.3, 0.4) is 0 Å². The van der Waals surface area contributed by atoms with Crippen molar-refractivity contribution < 1.29 is 0 Å². The summed E-state index contributed by atoms with van der Waals surface area (Å²) in [4.78, 5) is 1.50. The fourth-order valence-corrected chi connectivity index (χ4v) is 3.01. The summed E-state index contributed by atoms with van der Waals surface area (Å²) in [7, 11) is 3.73. The molecular formula is C5H8P2S. The molecule has 2 atom stereocenters. The fourth-order valence-electron chi connectivity index (χ4n) is 0.514. The highest BCUT2D eigenvalue weighted by atomic mass is 32.1. The highest BCUT2D eigenvalue weighted by molar-refractivity contribution is 8.02. The van der Waals surface area contributed by atoms with Gasteiger partial charge in [0.25, 0.3) is 0 Å². The van der Waals surface area contributed by atoms with Crippen LogP contribution >= 0.6 is 28.5 Å². The molecule has 0 N–H and O–H groups in total. The Bertz CT molecular complexity index is 136. The summed E-state index contributed by atoms with van der Waals surface area (Å²) < 4.78 is 0. The molecule has 0 fully saturated rings. The van der Waals surface area contributed by atoms with Crippen LogP contribution in [0.15, 0.2) is 17.5 Å². The summed E-state index contributed by atoms with van der Waals surface area (Å²) in [5, 5.41) is 2.13. The Morgan fingerprint density at radius 1 is 1.75 bits per heavy atom. The largest absolute Gasteiger partial charge is 0.149 e. The minimum Gasteiger partial charge on any atom is -0.149 e. The average molecular weight is 162 g/mol. The van der Waals surface area contributed by atoms with Gasteiger partial charge in [-0.3, -0.25) is 0 Å². The van der Waals surface area contributed by atoms with Crippen LogP contribution in [-0.4, -0.2) is 0 Å². The summed E-state index contributed by atoms with van der Waals surface area (Å²) in [5.74, 6) is 0. The lowest BCUT2D eigenvalue weighted by molar-refractivity contribution is 1.56. The van der Waals surface area contributed by atoms with Gasteiger partial charge in [0.1, 0.15) is 0 Å². The summed E-state index contributed by atoms with van der Waals surface area (Å²) in [5.41, 5.74) is 0. The summed E-state index contributed by atoms with van der Waals surface area (Å²) >= 11 is 1.84. The van der Waals surface area contributed by atoms with E-state index in [0.717, 1.165) is 8.27 Å². The Morgan fingerprint density at radius 2 is 2.62 bits per heavy atom. The smallest absolute Gasteiger partial charge is 0.00886 e. The Balaban J connectivity index is 2.50. The highest BCUT2D eigenvalue weighted by Crippen LogP contribution is 2.27. The van der Waals surface area contributed by atoms with Crippen LogP contribution in [-0.2, 0) is 6.16 Å². The summed E-state index contributed by atoms with van der Waals surface area (Å²) in [6, 6.07) is 4.28. The number of hydrogen-bond acceptors (Lipinski definition) is 1. The first kappa shape index (κ1) is 6.68. The van der Waals surface area contributed by atoms with Crippen LogP contribution in [0.25, 0.3) is 0 Å². The third kappa shape index (κ3) is 1.82. The number of rotatable bonds is 2. The van der Waals surface area contributed by atoms with E-state index in [9.17, 15) is 0 Å². The average Bonchev–Trinajstić information content (AvgIpc) is 2.19. The van der Waals surface area contributed by atoms with Gasteiger partial charge in [-0.2, -0.15) is 0 Å². The molecule has 0 spiro atoms. The van der Waals surface area contributed by atoms with Gasteiger partial charge in [-0.05, 0) is 11.4 Å². The Kier molecular flexibility index (Phi) is 2.97. The van der Waals surface area contributed by atoms with Crippen molar-refractivity contribution in [3.63, 3.8) is 0 Å². The molecule has 0 bridgehead atoms. The molecule has 2 unspecified atom stereocenters. The molecule has 0 saturated carbocycles. The molecule has 1 heterocycles. The van der Waals surface area contributed by atoms with E-state index in [0.29, 0.717) is 0 Å². The zero-order chi connectivity index (χ0) is 5.82. The van der Waals surface area contributed by atoms with Gasteiger partial charge in [0, 0.05) is 11.0 Å². The number of thiophene rings is 1. The van der Waals surface area contributed by atoms with Crippen molar-refractivity contribution in [1.29, 1.82) is 0 Å². The van der Waals surface area contributed by atoms with Crippen molar-refractivity contribution in [3.8, 4) is 0 Å². The highest BCUT2D eigenvalue weighted by Gasteiger charge is 1.86. The molecule has 0 aliphatic heterocycles. The van der Waals surface area contributed by atoms with Gasteiger partial charge in [0.2, 0.25) is 0 Å². The van der Waals surface area contributed by atoms with Crippen LogP contribution in [0.4, 0.5) is 0 Å². The Labute approximate surface area is 57.6 Å². The fraction of sp³-hybridized carbons (Fsp3) is 0.200. The van der Waals surface area contributed by atoms with Gasteiger partial charge in [0.15, 0.2) is 0 Å². The lowest BCUT2D eigenvalue weighted by atomic mass is 10.5. The first-order valence-corrected chi connectivity index (χ1v) is 6.29. The van der Waals surface area contributed by atoms with Gasteiger partial charge in [-0.25, -0.2) is 0 Å². The van der Waals surface area contributed by atoms with E-state index in [2.05, 4.69) is 26.4 Å². The van der Waals surface area contributed by atoms with E-state index >= 15 is 0 Å². The van der Waals surface area contributed by atoms with E-state index in [-0.39, 0.29) is 0 Å². The van der Waals surface area contributed by atoms with Crippen molar-refractivity contribution in [2.75, 3.05) is 0 Å². The van der Waals surface area contributed by atoms with Crippen LogP contribution in [0, 0.1) is 0 Å². The predicted octanol–water partition coefficient (Wildman–Crippen LogP) is 2.72. The molecule has 0 nitrogen and oxygen atoms in total. The minimum absolute atomic E-state index is 0.979. The molecular weight excluding hydrogens is 154 g/mol. The van der Waals surface area contributed by atoms with Gasteiger partial charge in [-0.15, -0.1) is 20.3 Å². The van der Waals surface area contributed by atoms with Crippen LogP contribution in [0.5, 0.6) is 0 Å². The second-order valence-corrected chi connectivity index (χ2v) is 4.48. The number of hydrogen-bond donors (Lipinski definition) is 0. The van der Waals surface area contributed by atoms with Crippen molar-refractivity contribution in [3.05, 3.63) is 22.4 Å². The second-order valence-electron chi connectivity index (χ2n) is 1.46. The first-order valence-electron chi connectivity index (χ1n) is 2.39. The second kappa shape index (κ2) is 3.56. The van der Waals surface area contributed by atoms with E-state index in [4.69, 9.17) is 0 Å². The Hall–Kier alpha value is 0.560. The van der Waals surface area contributed by atoms with Gasteiger partial charge >= 0.3 is 0 Å². The molecule has 0 radical (unpaired) electrons. The quantitative estimate of drug-likeness (QED) is 0.586. The molecule has 0 amide bonds. The summed E-state index contributed by atoms with van der Waals surface area (Å²) in [6.07, 6.45) is 1.24. The van der Waals surface area contributed by atoms with Gasteiger partial charge < -0.3 is 0 Å². The lowest BCUT2D eigenvalue weighted by Gasteiger charge is -1.86. The van der Waals surface area contributed by atoms with Crippen molar-refractivity contribution in [2.45, 2.75) is 6.16 Å². The molecule has 8 heavy (non-hydrogen) atoms. The third-order valence-electron chi connectivity index (χ3n) is 0.856. The first-order chi connectivity index (χ1) is 3.93. The zero-order valence-corrected chi connectivity index (χ0v) is 7.40. The van der Waals surface area contributed by atoms with Crippen molar-refractivity contribution >= 4 is 28.5 Å². The van der Waals surface area contributed by atoms with E-state index in [1.165, 1.54) is 11.0 Å². The van der Waals surface area contributed by atoms with Gasteiger partial charge in [-0.1, -0.05) is 14.3 Å². The van der Waals surface area contributed by atoms with Crippen LogP contribution < -0.4 is 0 Å². The lowest BCUT2D eigenvalue weighted by Crippen LogP contribution is -1.60. The minimum atomic E-state index is 0.979.